The van der Waals surface area contributed by atoms with Crippen LogP contribution in [0.2, 0.25) is 0 Å². The van der Waals surface area contributed by atoms with E-state index in [1.807, 2.05) is 18.2 Å². The van der Waals surface area contributed by atoms with Gasteiger partial charge in [-0.25, -0.2) is 4.98 Å². The molecule has 0 unspecified atom stereocenters. The summed E-state index contributed by atoms with van der Waals surface area (Å²) < 4.78 is 12.5. The fourth-order valence-electron chi connectivity index (χ4n) is 2.33. The van der Waals surface area contributed by atoms with Crippen LogP contribution in [0.3, 0.4) is 0 Å². The molecule has 0 aliphatic heterocycles. The zero-order valence-electron chi connectivity index (χ0n) is 11.8. The van der Waals surface area contributed by atoms with E-state index in [1.54, 1.807) is 14.0 Å². The number of alkyl halides is 1. The zero-order valence-corrected chi connectivity index (χ0v) is 12.6. The molecule has 21 heavy (non-hydrogen) atoms. The van der Waals surface area contributed by atoms with Gasteiger partial charge in [0.2, 0.25) is 5.89 Å². The van der Waals surface area contributed by atoms with Crippen LogP contribution >= 0.6 is 11.6 Å². The molecule has 0 saturated heterocycles. The highest BCUT2D eigenvalue weighted by molar-refractivity contribution is 6.16. The average Bonchev–Trinajstić information content (AvgIpc) is 3.07. The van der Waals surface area contributed by atoms with Crippen LogP contribution < -0.4 is 4.74 Å². The lowest BCUT2D eigenvalue weighted by atomic mass is 10.3. The van der Waals surface area contributed by atoms with Crippen LogP contribution in [-0.4, -0.2) is 26.8 Å². The smallest absolute Gasteiger partial charge is 0.228 e. The molecule has 0 fully saturated rings. The molecule has 0 aliphatic rings. The summed E-state index contributed by atoms with van der Waals surface area (Å²) in [6.07, 6.45) is 0.632. The highest BCUT2D eigenvalue weighted by atomic mass is 35.5. The van der Waals surface area contributed by atoms with Crippen molar-refractivity contribution in [2.75, 3.05) is 7.11 Å². The standard InChI is InChI=1S/C14H15ClN4O2/c1-9-16-13(21-18-9)6-7-19-10-4-3-5-11(20-2)14(10)17-12(19)8-15/h3-5H,6-8H2,1-2H3. The second kappa shape index (κ2) is 5.73. The molecule has 0 bridgehead atoms. The number of aromatic nitrogens is 4. The molecule has 0 N–H and O–H groups in total. The number of nitrogens with zero attached hydrogens (tertiary/aromatic N) is 4. The summed E-state index contributed by atoms with van der Waals surface area (Å²) in [5.41, 5.74) is 1.80. The van der Waals surface area contributed by atoms with Crippen molar-refractivity contribution in [1.82, 2.24) is 19.7 Å². The van der Waals surface area contributed by atoms with Crippen molar-refractivity contribution in [2.24, 2.45) is 0 Å². The number of imidazole rings is 1. The quantitative estimate of drug-likeness (QED) is 0.678. The number of methoxy groups -OCH3 is 1. The maximum absolute atomic E-state index is 6.01. The Labute approximate surface area is 126 Å². The van der Waals surface area contributed by atoms with E-state index in [1.165, 1.54) is 0 Å². The van der Waals surface area contributed by atoms with Gasteiger partial charge in [-0.05, 0) is 19.1 Å². The highest BCUT2D eigenvalue weighted by Crippen LogP contribution is 2.26. The third-order valence-electron chi connectivity index (χ3n) is 3.28. The van der Waals surface area contributed by atoms with Gasteiger partial charge in [-0.3, -0.25) is 0 Å². The van der Waals surface area contributed by atoms with Crippen molar-refractivity contribution in [3.8, 4) is 5.75 Å². The lowest BCUT2D eigenvalue weighted by molar-refractivity contribution is 0.368. The summed E-state index contributed by atoms with van der Waals surface area (Å²) >= 11 is 6.01. The van der Waals surface area contributed by atoms with Crippen LogP contribution in [0.5, 0.6) is 5.75 Å². The van der Waals surface area contributed by atoms with Gasteiger partial charge in [0, 0.05) is 13.0 Å². The van der Waals surface area contributed by atoms with E-state index < -0.39 is 0 Å². The molecule has 6 nitrogen and oxygen atoms in total. The lowest BCUT2D eigenvalue weighted by Crippen LogP contribution is -2.05. The largest absolute Gasteiger partial charge is 0.494 e. The van der Waals surface area contributed by atoms with Gasteiger partial charge in [0.15, 0.2) is 5.82 Å². The van der Waals surface area contributed by atoms with E-state index in [2.05, 4.69) is 19.7 Å². The average molecular weight is 307 g/mol. The number of fused-ring (bicyclic) bond motifs is 1. The summed E-state index contributed by atoms with van der Waals surface area (Å²) in [6.45, 7) is 2.47. The molecular formula is C14H15ClN4O2. The van der Waals surface area contributed by atoms with Gasteiger partial charge in [-0.1, -0.05) is 11.2 Å². The SMILES string of the molecule is COc1cccc2c1nc(CCl)n2CCc1nc(C)no1. The molecule has 0 spiro atoms. The van der Waals surface area contributed by atoms with Crippen LogP contribution in [0, 0.1) is 6.92 Å². The number of hydrogen-bond acceptors (Lipinski definition) is 5. The molecule has 0 amide bonds. The van der Waals surface area contributed by atoms with Crippen molar-refractivity contribution < 1.29 is 9.26 Å². The maximum Gasteiger partial charge on any atom is 0.228 e. The Bertz CT molecular complexity index is 766. The first-order chi connectivity index (χ1) is 10.2. The minimum absolute atomic E-state index is 0.334. The number of halogens is 1. The van der Waals surface area contributed by atoms with E-state index in [-0.39, 0.29) is 0 Å². The second-order valence-corrected chi connectivity index (χ2v) is 4.89. The minimum atomic E-state index is 0.334. The Morgan fingerprint density at radius 3 is 2.86 bits per heavy atom. The number of hydrogen-bond donors (Lipinski definition) is 0. The maximum atomic E-state index is 6.01. The molecule has 0 atom stereocenters. The molecule has 0 radical (unpaired) electrons. The molecular weight excluding hydrogens is 292 g/mol. The third-order valence-corrected chi connectivity index (χ3v) is 3.52. The highest BCUT2D eigenvalue weighted by Gasteiger charge is 2.14. The van der Waals surface area contributed by atoms with E-state index in [0.717, 1.165) is 22.6 Å². The second-order valence-electron chi connectivity index (χ2n) is 4.63. The van der Waals surface area contributed by atoms with E-state index in [0.29, 0.717) is 30.6 Å². The van der Waals surface area contributed by atoms with E-state index in [4.69, 9.17) is 20.9 Å². The Morgan fingerprint density at radius 2 is 2.19 bits per heavy atom. The minimum Gasteiger partial charge on any atom is -0.494 e. The lowest BCUT2D eigenvalue weighted by Gasteiger charge is -2.06. The van der Waals surface area contributed by atoms with Gasteiger partial charge in [0.25, 0.3) is 0 Å². The van der Waals surface area contributed by atoms with Crippen LogP contribution in [0.15, 0.2) is 22.7 Å². The van der Waals surface area contributed by atoms with Gasteiger partial charge in [-0.15, -0.1) is 11.6 Å². The summed E-state index contributed by atoms with van der Waals surface area (Å²) in [5.74, 6) is 3.12. The van der Waals surface area contributed by atoms with Crippen LogP contribution in [0.1, 0.15) is 17.5 Å². The molecule has 0 saturated carbocycles. The summed E-state index contributed by atoms with van der Waals surface area (Å²) in [5, 5.41) is 3.79. The summed E-state index contributed by atoms with van der Waals surface area (Å²) in [4.78, 5) is 8.77. The molecule has 2 heterocycles. The molecule has 3 aromatic rings. The molecule has 1 aromatic carbocycles. The number of para-hydroxylation sites is 1. The van der Waals surface area contributed by atoms with Crippen LogP contribution in [-0.2, 0) is 18.8 Å². The summed E-state index contributed by atoms with van der Waals surface area (Å²) in [7, 11) is 1.63. The van der Waals surface area contributed by atoms with Crippen molar-refractivity contribution in [3.05, 3.63) is 35.7 Å². The Kier molecular flexibility index (Phi) is 3.79. The molecule has 0 aliphatic carbocycles. The van der Waals surface area contributed by atoms with Gasteiger partial charge in [0.1, 0.15) is 17.1 Å². The normalized spacial score (nSPS) is 11.2. The van der Waals surface area contributed by atoms with Crippen molar-refractivity contribution in [1.29, 1.82) is 0 Å². The number of benzene rings is 1. The van der Waals surface area contributed by atoms with Crippen LogP contribution in [0.25, 0.3) is 11.0 Å². The van der Waals surface area contributed by atoms with Crippen molar-refractivity contribution >= 4 is 22.6 Å². The fourth-order valence-corrected chi connectivity index (χ4v) is 2.54. The third kappa shape index (κ3) is 2.58. The van der Waals surface area contributed by atoms with Gasteiger partial charge in [0.05, 0.1) is 18.5 Å². The molecule has 7 heteroatoms. The number of ether oxygens (including phenoxy) is 1. The van der Waals surface area contributed by atoms with E-state index in [9.17, 15) is 0 Å². The first-order valence-electron chi connectivity index (χ1n) is 6.60. The zero-order chi connectivity index (χ0) is 14.8. The first-order valence-corrected chi connectivity index (χ1v) is 7.13. The van der Waals surface area contributed by atoms with Crippen LogP contribution in [0.4, 0.5) is 0 Å². The van der Waals surface area contributed by atoms with Gasteiger partial charge in [-0.2, -0.15) is 4.98 Å². The number of aryl methyl sites for hydroxylation is 3. The predicted octanol–water partition coefficient (Wildman–Crippen LogP) is 2.72. The van der Waals surface area contributed by atoms with Crippen molar-refractivity contribution in [3.63, 3.8) is 0 Å². The molecule has 2 aromatic heterocycles. The Morgan fingerprint density at radius 1 is 1.33 bits per heavy atom. The molecule has 110 valence electrons. The van der Waals surface area contributed by atoms with Gasteiger partial charge < -0.3 is 13.8 Å². The Balaban J connectivity index is 1.96. The fraction of sp³-hybridized carbons (Fsp3) is 0.357. The molecule has 3 rings (SSSR count). The van der Waals surface area contributed by atoms with Crippen molar-refractivity contribution in [2.45, 2.75) is 25.8 Å². The van der Waals surface area contributed by atoms with Gasteiger partial charge >= 0.3 is 0 Å². The predicted molar refractivity (Wildman–Crippen MR) is 78.6 cm³/mol. The van der Waals surface area contributed by atoms with E-state index >= 15 is 0 Å². The number of rotatable bonds is 5. The Hall–Kier alpha value is -2.08. The first kappa shape index (κ1) is 13.9. The monoisotopic (exact) mass is 306 g/mol. The topological polar surface area (TPSA) is 66.0 Å². The summed E-state index contributed by atoms with van der Waals surface area (Å²) in [6, 6.07) is 5.83.